The summed E-state index contributed by atoms with van der Waals surface area (Å²) >= 11 is 0. The Balaban J connectivity index is 4.30. The predicted octanol–water partition coefficient (Wildman–Crippen LogP) is 21.1. The van der Waals surface area contributed by atoms with Crippen molar-refractivity contribution in [2.45, 2.75) is 354 Å². The van der Waals surface area contributed by atoms with Gasteiger partial charge in [-0.1, -0.05) is 302 Å². The Labute approximate surface area is 436 Å². The number of rotatable bonds is 58. The summed E-state index contributed by atoms with van der Waals surface area (Å²) in [7, 11) is 0. The average molecular weight is 986 g/mol. The molecule has 0 N–H and O–H groups in total. The van der Waals surface area contributed by atoms with E-state index in [9.17, 15) is 14.4 Å². The van der Waals surface area contributed by atoms with Crippen LogP contribution in [0.25, 0.3) is 0 Å². The average Bonchev–Trinajstić information content (AvgIpc) is 3.36. The van der Waals surface area contributed by atoms with E-state index in [4.69, 9.17) is 14.2 Å². The Morgan fingerprint density at radius 3 is 0.786 bits per heavy atom. The number of unbranched alkanes of at least 4 members (excludes halogenated alkanes) is 43. The second kappa shape index (κ2) is 59.5. The lowest BCUT2D eigenvalue weighted by Gasteiger charge is -2.18. The van der Waals surface area contributed by atoms with Gasteiger partial charge in [0.15, 0.2) is 6.10 Å². The van der Waals surface area contributed by atoms with Gasteiger partial charge in [0.05, 0.1) is 0 Å². The van der Waals surface area contributed by atoms with Crippen LogP contribution >= 0.6 is 0 Å². The molecule has 6 heteroatoms. The number of hydrogen-bond donors (Lipinski definition) is 0. The molecule has 0 aliphatic heterocycles. The molecule has 0 amide bonds. The van der Waals surface area contributed by atoms with E-state index in [-0.39, 0.29) is 31.1 Å². The van der Waals surface area contributed by atoms with E-state index >= 15 is 0 Å². The molecule has 0 aliphatic carbocycles. The van der Waals surface area contributed by atoms with Gasteiger partial charge in [-0.2, -0.15) is 0 Å². The number of allylic oxidation sites excluding steroid dienone is 4. The van der Waals surface area contributed by atoms with Crippen molar-refractivity contribution in [2.24, 2.45) is 0 Å². The Hall–Kier alpha value is -2.11. The van der Waals surface area contributed by atoms with Crippen molar-refractivity contribution >= 4 is 17.9 Å². The molecule has 0 heterocycles. The number of esters is 3. The molecular weight excluding hydrogens is 865 g/mol. The van der Waals surface area contributed by atoms with E-state index in [0.717, 1.165) is 64.2 Å². The SMILES string of the molecule is CCCCCCC/C=C\C/C=C\CCCCCCCCCCCC(=O)OCC(COC(=O)CCCCCCCCCCCCCCCC)OC(=O)CCCCCCCCCCCCCCCCCCC. The third kappa shape index (κ3) is 56.8. The molecule has 0 aromatic heterocycles. The van der Waals surface area contributed by atoms with Crippen LogP contribution in [-0.2, 0) is 28.6 Å². The highest BCUT2D eigenvalue weighted by Gasteiger charge is 2.19. The summed E-state index contributed by atoms with van der Waals surface area (Å²) in [6.07, 6.45) is 70.3. The molecule has 0 aromatic rings. The van der Waals surface area contributed by atoms with Crippen molar-refractivity contribution in [3.8, 4) is 0 Å². The quantitative estimate of drug-likeness (QED) is 0.0261. The summed E-state index contributed by atoms with van der Waals surface area (Å²) in [4.78, 5) is 38.3. The first-order valence-electron chi connectivity index (χ1n) is 31.3. The number of carbonyl (C=O) groups excluding carboxylic acids is 3. The van der Waals surface area contributed by atoms with Gasteiger partial charge in [-0.25, -0.2) is 0 Å². The van der Waals surface area contributed by atoms with Gasteiger partial charge >= 0.3 is 17.9 Å². The molecule has 0 aliphatic rings. The standard InChI is InChI=1S/C64H120O6/c1-4-7-10-13-16-19-22-25-28-30-31-32-33-35-36-39-42-45-48-51-54-57-63(66)69-60-61(59-68-62(65)56-53-50-47-44-41-38-27-24-21-18-15-12-9-6-3)70-64(67)58-55-52-49-46-43-40-37-34-29-26-23-20-17-14-11-8-5-2/h22,25,30-31,61H,4-21,23-24,26-29,32-60H2,1-3H3/b25-22-,31-30-. The molecule has 1 unspecified atom stereocenters. The monoisotopic (exact) mass is 985 g/mol. The van der Waals surface area contributed by atoms with Crippen molar-refractivity contribution in [3.05, 3.63) is 24.3 Å². The maximum atomic E-state index is 12.9. The summed E-state index contributed by atoms with van der Waals surface area (Å²) < 4.78 is 16.9. The molecule has 0 saturated heterocycles. The molecule has 0 radical (unpaired) electrons. The van der Waals surface area contributed by atoms with Crippen molar-refractivity contribution in [2.75, 3.05) is 13.2 Å². The third-order valence-corrected chi connectivity index (χ3v) is 14.2. The summed E-state index contributed by atoms with van der Waals surface area (Å²) in [6, 6.07) is 0. The van der Waals surface area contributed by atoms with Gasteiger partial charge in [0.1, 0.15) is 13.2 Å². The first-order chi connectivity index (χ1) is 34.5. The zero-order chi connectivity index (χ0) is 50.7. The van der Waals surface area contributed by atoms with E-state index in [1.54, 1.807) is 0 Å². The zero-order valence-corrected chi connectivity index (χ0v) is 47.3. The lowest BCUT2D eigenvalue weighted by atomic mass is 10.0. The maximum absolute atomic E-state index is 12.9. The Morgan fingerprint density at radius 1 is 0.286 bits per heavy atom. The topological polar surface area (TPSA) is 78.9 Å². The van der Waals surface area contributed by atoms with Crippen molar-refractivity contribution < 1.29 is 28.6 Å². The van der Waals surface area contributed by atoms with Crippen LogP contribution in [0.2, 0.25) is 0 Å². The minimum Gasteiger partial charge on any atom is -0.462 e. The lowest BCUT2D eigenvalue weighted by Crippen LogP contribution is -2.30. The summed E-state index contributed by atoms with van der Waals surface area (Å²) in [6.45, 7) is 6.69. The number of ether oxygens (including phenoxy) is 3. The molecular formula is C64H120O6. The summed E-state index contributed by atoms with van der Waals surface area (Å²) in [5, 5.41) is 0. The smallest absolute Gasteiger partial charge is 0.306 e. The normalized spacial score (nSPS) is 12.1. The molecule has 0 rings (SSSR count). The van der Waals surface area contributed by atoms with Crippen LogP contribution in [0.5, 0.6) is 0 Å². The molecule has 0 fully saturated rings. The largest absolute Gasteiger partial charge is 0.462 e. The van der Waals surface area contributed by atoms with Gasteiger partial charge in [-0.15, -0.1) is 0 Å². The fraction of sp³-hybridized carbons (Fsp3) is 0.891. The second-order valence-corrected chi connectivity index (χ2v) is 21.3. The molecule has 70 heavy (non-hydrogen) atoms. The molecule has 0 bridgehead atoms. The Bertz CT molecular complexity index is 1130. The minimum absolute atomic E-state index is 0.0663. The number of carbonyl (C=O) groups is 3. The van der Waals surface area contributed by atoms with E-state index in [0.29, 0.717) is 19.3 Å². The van der Waals surface area contributed by atoms with Crippen molar-refractivity contribution in [3.63, 3.8) is 0 Å². The fourth-order valence-corrected chi connectivity index (χ4v) is 9.48. The fourth-order valence-electron chi connectivity index (χ4n) is 9.48. The highest BCUT2D eigenvalue weighted by Crippen LogP contribution is 2.18. The first kappa shape index (κ1) is 67.9. The van der Waals surface area contributed by atoms with E-state index in [1.807, 2.05) is 0 Å². The van der Waals surface area contributed by atoms with Gasteiger partial charge in [0.25, 0.3) is 0 Å². The van der Waals surface area contributed by atoms with Crippen LogP contribution in [0.3, 0.4) is 0 Å². The molecule has 0 spiro atoms. The summed E-state index contributed by atoms with van der Waals surface area (Å²) in [5.41, 5.74) is 0. The van der Waals surface area contributed by atoms with E-state index in [2.05, 4.69) is 45.1 Å². The highest BCUT2D eigenvalue weighted by atomic mass is 16.6. The predicted molar refractivity (Wildman–Crippen MR) is 303 cm³/mol. The molecule has 0 aromatic carbocycles. The van der Waals surface area contributed by atoms with Crippen molar-refractivity contribution in [1.82, 2.24) is 0 Å². The van der Waals surface area contributed by atoms with Crippen LogP contribution in [0, 0.1) is 0 Å². The summed E-state index contributed by atoms with van der Waals surface area (Å²) in [5.74, 6) is -0.844. The van der Waals surface area contributed by atoms with E-state index in [1.165, 1.54) is 244 Å². The van der Waals surface area contributed by atoms with Gasteiger partial charge < -0.3 is 14.2 Å². The van der Waals surface area contributed by atoms with Gasteiger partial charge in [0, 0.05) is 19.3 Å². The highest BCUT2D eigenvalue weighted by molar-refractivity contribution is 5.71. The van der Waals surface area contributed by atoms with Gasteiger partial charge in [-0.05, 0) is 51.4 Å². The van der Waals surface area contributed by atoms with Crippen molar-refractivity contribution in [1.29, 1.82) is 0 Å². The molecule has 6 nitrogen and oxygen atoms in total. The van der Waals surface area contributed by atoms with Crippen LogP contribution in [0.4, 0.5) is 0 Å². The first-order valence-corrected chi connectivity index (χ1v) is 31.3. The van der Waals surface area contributed by atoms with Crippen LogP contribution < -0.4 is 0 Å². The Morgan fingerprint density at radius 2 is 0.514 bits per heavy atom. The zero-order valence-electron chi connectivity index (χ0n) is 47.3. The molecule has 1 atom stereocenters. The molecule has 0 saturated carbocycles. The third-order valence-electron chi connectivity index (χ3n) is 14.2. The van der Waals surface area contributed by atoms with Crippen LogP contribution in [0.15, 0.2) is 24.3 Å². The number of hydrogen-bond acceptors (Lipinski definition) is 6. The van der Waals surface area contributed by atoms with E-state index < -0.39 is 6.10 Å². The lowest BCUT2D eigenvalue weighted by molar-refractivity contribution is -0.167. The van der Waals surface area contributed by atoms with Gasteiger partial charge in [-0.3, -0.25) is 14.4 Å². The second-order valence-electron chi connectivity index (χ2n) is 21.3. The minimum atomic E-state index is -0.768. The van der Waals surface area contributed by atoms with Crippen LogP contribution in [0.1, 0.15) is 348 Å². The Kier molecular flexibility index (Phi) is 57.7. The van der Waals surface area contributed by atoms with Gasteiger partial charge in [0.2, 0.25) is 0 Å². The maximum Gasteiger partial charge on any atom is 0.306 e. The van der Waals surface area contributed by atoms with Crippen LogP contribution in [-0.4, -0.2) is 37.2 Å². The molecule has 412 valence electrons.